The summed E-state index contributed by atoms with van der Waals surface area (Å²) in [6.07, 6.45) is 1.59. The first kappa shape index (κ1) is 24.1. The van der Waals surface area contributed by atoms with Gasteiger partial charge in [-0.05, 0) is 37.8 Å². The first-order valence-corrected chi connectivity index (χ1v) is 10.6. The molecule has 0 saturated carbocycles. The number of methoxy groups -OCH3 is 2. The van der Waals surface area contributed by atoms with E-state index < -0.39 is 28.8 Å². The first-order valence-electron chi connectivity index (χ1n) is 10.6. The number of rotatable bonds is 8. The molecule has 9 nitrogen and oxygen atoms in total. The molecule has 2 aliphatic heterocycles. The van der Waals surface area contributed by atoms with Crippen molar-refractivity contribution in [1.82, 2.24) is 10.6 Å². The van der Waals surface area contributed by atoms with Crippen molar-refractivity contribution in [3.05, 3.63) is 29.1 Å². The molecule has 0 aromatic heterocycles. The van der Waals surface area contributed by atoms with Gasteiger partial charge >= 0.3 is 5.97 Å². The van der Waals surface area contributed by atoms with Crippen molar-refractivity contribution in [2.45, 2.75) is 51.0 Å². The van der Waals surface area contributed by atoms with Gasteiger partial charge in [0.25, 0.3) is 0 Å². The Morgan fingerprint density at radius 2 is 1.97 bits per heavy atom. The molecule has 3 rings (SSSR count). The highest BCUT2D eigenvalue weighted by Gasteiger charge is 2.38. The second kappa shape index (κ2) is 9.93. The molecule has 0 spiro atoms. The summed E-state index contributed by atoms with van der Waals surface area (Å²) in [4.78, 5) is 37.3. The van der Waals surface area contributed by atoms with Crippen molar-refractivity contribution in [1.29, 1.82) is 0 Å². The molecule has 10 heteroatoms. The number of nitrogens with one attached hydrogen (secondary N) is 2. The maximum atomic E-state index is 15.3. The number of carbonyl (C=O) groups excluding carboxylic acids is 2. The fourth-order valence-corrected chi connectivity index (χ4v) is 4.38. The van der Waals surface area contributed by atoms with E-state index in [0.717, 1.165) is 12.8 Å². The van der Waals surface area contributed by atoms with Crippen LogP contribution in [-0.4, -0.2) is 62.0 Å². The average Bonchev–Trinajstić information content (AvgIpc) is 2.76. The first-order chi connectivity index (χ1) is 15.2. The third-order valence-corrected chi connectivity index (χ3v) is 6.43. The van der Waals surface area contributed by atoms with Gasteiger partial charge in [-0.25, -0.2) is 9.18 Å². The molecule has 0 bridgehead atoms. The van der Waals surface area contributed by atoms with E-state index in [-0.39, 0.29) is 48.8 Å². The smallest absolute Gasteiger partial charge is 0.339 e. The van der Waals surface area contributed by atoms with Crippen LogP contribution in [0.3, 0.4) is 0 Å². The van der Waals surface area contributed by atoms with Gasteiger partial charge < -0.3 is 19.5 Å². The number of piperidine rings is 2. The van der Waals surface area contributed by atoms with Crippen LogP contribution in [-0.2, 0) is 25.6 Å². The molecule has 0 radical (unpaired) electrons. The van der Waals surface area contributed by atoms with Crippen LogP contribution in [0.4, 0.5) is 10.1 Å². The fraction of sp³-hybridized carbons (Fsp3) is 0.591. The highest BCUT2D eigenvalue weighted by molar-refractivity contribution is 6.02. The molecule has 2 amide bonds. The molecule has 1 unspecified atom stereocenters. The zero-order chi connectivity index (χ0) is 23.5. The fourth-order valence-electron chi connectivity index (χ4n) is 4.38. The number of carbonyl (C=O) groups is 3. The van der Waals surface area contributed by atoms with Crippen molar-refractivity contribution in [3.63, 3.8) is 0 Å². The van der Waals surface area contributed by atoms with Crippen LogP contribution < -0.4 is 15.5 Å². The molecule has 32 heavy (non-hydrogen) atoms. The Labute approximate surface area is 186 Å². The number of carboxylic acid groups (broad SMARTS) is 1. The lowest BCUT2D eigenvalue weighted by atomic mass is 9.90. The van der Waals surface area contributed by atoms with Crippen LogP contribution in [0, 0.1) is 11.7 Å². The van der Waals surface area contributed by atoms with Gasteiger partial charge in [0.15, 0.2) is 12.1 Å². The molecule has 0 aliphatic carbocycles. The maximum absolute atomic E-state index is 15.3. The van der Waals surface area contributed by atoms with Gasteiger partial charge in [0.2, 0.25) is 11.8 Å². The Balaban J connectivity index is 1.75. The van der Waals surface area contributed by atoms with E-state index >= 15 is 4.39 Å². The Kier molecular flexibility index (Phi) is 7.47. The van der Waals surface area contributed by atoms with Crippen LogP contribution in [0.1, 0.15) is 48.5 Å². The summed E-state index contributed by atoms with van der Waals surface area (Å²) in [6.45, 7) is 2.71. The number of anilines is 1. The van der Waals surface area contributed by atoms with E-state index in [0.29, 0.717) is 13.1 Å². The minimum Gasteiger partial charge on any atom is -0.478 e. The molecule has 1 aromatic rings. The Morgan fingerprint density at radius 3 is 2.53 bits per heavy atom. The third kappa shape index (κ3) is 4.92. The van der Waals surface area contributed by atoms with Crippen molar-refractivity contribution < 1.29 is 33.4 Å². The molecule has 3 N–H and O–H groups in total. The van der Waals surface area contributed by atoms with Gasteiger partial charge in [0.1, 0.15) is 5.56 Å². The molecule has 2 fully saturated rings. The standard InChI is InChI=1S/C22H30FN3O6/c1-22(9-6-16(27)25-21(22)30)24-12-14-4-5-15(18(23)17(14)19(28)29)26-10-7-13(8-11-26)20(31-2)32-3/h4-5,13,20,24H,6-12H2,1-3H3,(H,28,29)(H,25,27,30). The number of ether oxygens (including phenoxy) is 2. The molecular weight excluding hydrogens is 421 g/mol. The largest absolute Gasteiger partial charge is 0.478 e. The lowest BCUT2D eigenvalue weighted by Gasteiger charge is -2.36. The minimum absolute atomic E-state index is 0.0254. The van der Waals surface area contributed by atoms with E-state index in [2.05, 4.69) is 10.6 Å². The van der Waals surface area contributed by atoms with Crippen LogP contribution >= 0.6 is 0 Å². The zero-order valence-electron chi connectivity index (χ0n) is 18.6. The number of nitrogens with zero attached hydrogens (tertiary/aromatic N) is 1. The monoisotopic (exact) mass is 451 g/mol. The number of amides is 2. The molecule has 1 aromatic carbocycles. The van der Waals surface area contributed by atoms with Crippen molar-refractivity contribution in [3.8, 4) is 0 Å². The summed E-state index contributed by atoms with van der Waals surface area (Å²) in [6, 6.07) is 3.15. The van der Waals surface area contributed by atoms with Gasteiger partial charge in [0, 0.05) is 46.2 Å². The second-order valence-electron chi connectivity index (χ2n) is 8.47. The molecule has 2 saturated heterocycles. The Morgan fingerprint density at radius 1 is 1.31 bits per heavy atom. The van der Waals surface area contributed by atoms with Gasteiger partial charge in [-0.2, -0.15) is 0 Å². The van der Waals surface area contributed by atoms with E-state index in [4.69, 9.17) is 9.47 Å². The molecule has 176 valence electrons. The summed E-state index contributed by atoms with van der Waals surface area (Å²) in [7, 11) is 3.17. The minimum atomic E-state index is -1.37. The molecule has 2 aliphatic rings. The number of carboxylic acids is 1. The topological polar surface area (TPSA) is 117 Å². The lowest BCUT2D eigenvalue weighted by molar-refractivity contribution is -0.141. The van der Waals surface area contributed by atoms with Crippen molar-refractivity contribution in [2.24, 2.45) is 5.92 Å². The number of benzene rings is 1. The highest BCUT2D eigenvalue weighted by Crippen LogP contribution is 2.31. The maximum Gasteiger partial charge on any atom is 0.339 e. The van der Waals surface area contributed by atoms with E-state index in [9.17, 15) is 19.5 Å². The summed E-state index contributed by atoms with van der Waals surface area (Å²) < 4.78 is 26.0. The number of hydrogen-bond acceptors (Lipinski definition) is 7. The number of hydrogen-bond donors (Lipinski definition) is 3. The number of halogens is 1. The summed E-state index contributed by atoms with van der Waals surface area (Å²) in [5, 5.41) is 15.0. The van der Waals surface area contributed by atoms with Gasteiger partial charge in [-0.1, -0.05) is 6.07 Å². The summed E-state index contributed by atoms with van der Waals surface area (Å²) in [5.41, 5.74) is -0.985. The Bertz CT molecular complexity index is 883. The number of imide groups is 1. The van der Waals surface area contributed by atoms with Gasteiger partial charge in [-0.3, -0.25) is 20.2 Å². The quantitative estimate of drug-likeness (QED) is 0.404. The molecule has 2 heterocycles. The van der Waals surface area contributed by atoms with E-state index in [1.807, 2.05) is 4.90 Å². The zero-order valence-corrected chi connectivity index (χ0v) is 18.6. The predicted molar refractivity (Wildman–Crippen MR) is 114 cm³/mol. The summed E-state index contributed by atoms with van der Waals surface area (Å²) in [5.74, 6) is -2.80. The number of aromatic carboxylic acids is 1. The molecule has 1 atom stereocenters. The second-order valence-corrected chi connectivity index (χ2v) is 8.47. The summed E-state index contributed by atoms with van der Waals surface area (Å²) >= 11 is 0. The molecular formula is C22H30FN3O6. The Hall–Kier alpha value is -2.56. The van der Waals surface area contributed by atoms with Crippen LogP contribution in [0.25, 0.3) is 0 Å². The van der Waals surface area contributed by atoms with Gasteiger partial charge in [0.05, 0.1) is 11.2 Å². The van der Waals surface area contributed by atoms with Crippen LogP contribution in [0.15, 0.2) is 12.1 Å². The lowest BCUT2D eigenvalue weighted by Crippen LogP contribution is -2.59. The SMILES string of the molecule is COC(OC)C1CCN(c2ccc(CNC3(C)CCC(=O)NC3=O)c(C(=O)O)c2F)CC1. The van der Waals surface area contributed by atoms with Gasteiger partial charge in [-0.15, -0.1) is 0 Å². The van der Waals surface area contributed by atoms with E-state index in [1.54, 1.807) is 33.3 Å². The normalized spacial score (nSPS) is 22.3. The highest BCUT2D eigenvalue weighted by atomic mass is 19.1. The third-order valence-electron chi connectivity index (χ3n) is 6.43. The van der Waals surface area contributed by atoms with E-state index in [1.165, 1.54) is 0 Å². The van der Waals surface area contributed by atoms with Crippen molar-refractivity contribution in [2.75, 3.05) is 32.2 Å². The van der Waals surface area contributed by atoms with Crippen LogP contribution in [0.2, 0.25) is 0 Å². The van der Waals surface area contributed by atoms with Crippen LogP contribution in [0.5, 0.6) is 0 Å². The predicted octanol–water partition coefficient (Wildman–Crippen LogP) is 1.64. The average molecular weight is 451 g/mol. The van der Waals surface area contributed by atoms with Crippen molar-refractivity contribution >= 4 is 23.5 Å².